The number of benzene rings is 2. The fourth-order valence-electron chi connectivity index (χ4n) is 2.37. The second-order valence-electron chi connectivity index (χ2n) is 5.65. The highest BCUT2D eigenvalue weighted by Crippen LogP contribution is 2.39. The maximum absolute atomic E-state index is 13.1. The van der Waals surface area contributed by atoms with Crippen molar-refractivity contribution in [3.63, 3.8) is 0 Å². The number of ether oxygens (including phenoxy) is 1. The molecule has 0 aliphatic carbocycles. The van der Waals surface area contributed by atoms with Crippen LogP contribution in [0.2, 0.25) is 0 Å². The highest BCUT2D eigenvalue weighted by Gasteiger charge is 2.35. The van der Waals surface area contributed by atoms with Gasteiger partial charge in [0.2, 0.25) is 0 Å². The molecular formula is C18H13F7N2O. The largest absolute Gasteiger partial charge is 0.492 e. The van der Waals surface area contributed by atoms with Gasteiger partial charge in [0.05, 0.1) is 18.7 Å². The molecule has 0 fully saturated rings. The van der Waals surface area contributed by atoms with Crippen molar-refractivity contribution in [2.75, 3.05) is 24.6 Å². The van der Waals surface area contributed by atoms with E-state index in [4.69, 9.17) is 11.3 Å². The lowest BCUT2D eigenvalue weighted by atomic mass is 10.1. The van der Waals surface area contributed by atoms with E-state index in [9.17, 15) is 30.7 Å². The Morgan fingerprint density at radius 1 is 0.964 bits per heavy atom. The first kappa shape index (κ1) is 21.3. The summed E-state index contributed by atoms with van der Waals surface area (Å²) in [6.45, 7) is 4.62. The molecule has 0 radical (unpaired) electrons. The summed E-state index contributed by atoms with van der Waals surface area (Å²) >= 11 is 0. The summed E-state index contributed by atoms with van der Waals surface area (Å²) in [5, 5.41) is 0. The van der Waals surface area contributed by atoms with Crippen molar-refractivity contribution < 1.29 is 35.5 Å². The highest BCUT2D eigenvalue weighted by molar-refractivity contribution is 5.62. The van der Waals surface area contributed by atoms with Gasteiger partial charge in [-0.25, -0.2) is 9.24 Å². The Hall–Kier alpha value is -2.96. The summed E-state index contributed by atoms with van der Waals surface area (Å²) in [5.41, 5.74) is -2.36. The van der Waals surface area contributed by atoms with E-state index >= 15 is 0 Å². The number of hydrogen-bond acceptors (Lipinski definition) is 2. The smallest absolute Gasteiger partial charge is 0.407 e. The Kier molecular flexibility index (Phi) is 6.38. The summed E-state index contributed by atoms with van der Waals surface area (Å²) in [7, 11) is 0. The molecule has 0 atom stereocenters. The van der Waals surface area contributed by atoms with E-state index in [0.29, 0.717) is 11.0 Å². The van der Waals surface area contributed by atoms with Gasteiger partial charge in [-0.3, -0.25) is 0 Å². The van der Waals surface area contributed by atoms with E-state index in [1.54, 1.807) is 0 Å². The van der Waals surface area contributed by atoms with Gasteiger partial charge in [-0.05, 0) is 36.4 Å². The minimum atomic E-state index is -4.88. The minimum Gasteiger partial charge on any atom is -0.492 e. The fraction of sp³-hybridized carbons (Fsp3) is 0.278. The third-order valence-corrected chi connectivity index (χ3v) is 3.58. The molecule has 10 heteroatoms. The van der Waals surface area contributed by atoms with Crippen LogP contribution in [0.15, 0.2) is 42.5 Å². The number of anilines is 1. The maximum atomic E-state index is 13.1. The molecule has 150 valence electrons. The highest BCUT2D eigenvalue weighted by atomic mass is 19.4. The predicted octanol–water partition coefficient (Wildman–Crippen LogP) is 5.84. The van der Waals surface area contributed by atoms with Gasteiger partial charge in [-0.15, -0.1) is 0 Å². The maximum Gasteiger partial charge on any atom is 0.407 e. The molecule has 0 saturated heterocycles. The van der Waals surface area contributed by atoms with Crippen LogP contribution >= 0.6 is 0 Å². The Morgan fingerprint density at radius 3 is 2.14 bits per heavy atom. The summed E-state index contributed by atoms with van der Waals surface area (Å²) < 4.78 is 95.9. The molecule has 0 saturated carbocycles. The summed E-state index contributed by atoms with van der Waals surface area (Å²) in [5.74, 6) is -0.321. The van der Waals surface area contributed by atoms with Crippen molar-refractivity contribution in [2.45, 2.75) is 12.4 Å². The van der Waals surface area contributed by atoms with Gasteiger partial charge in [0.15, 0.2) is 5.69 Å². The average molecular weight is 406 g/mol. The van der Waals surface area contributed by atoms with Gasteiger partial charge in [0.25, 0.3) is 0 Å². The Labute approximate surface area is 155 Å². The Morgan fingerprint density at radius 2 is 1.61 bits per heavy atom. The molecular weight excluding hydrogens is 393 g/mol. The molecule has 0 heterocycles. The molecule has 0 aromatic heterocycles. The zero-order valence-electron chi connectivity index (χ0n) is 14.1. The monoisotopic (exact) mass is 406 g/mol. The molecule has 0 spiro atoms. The van der Waals surface area contributed by atoms with Gasteiger partial charge >= 0.3 is 12.4 Å². The second kappa shape index (κ2) is 8.37. The SMILES string of the molecule is [C-]#[N+]c1ccc(N(CCOc2ccc(F)cc2)CC(F)(F)F)cc1C(F)(F)F. The van der Waals surface area contributed by atoms with Crippen molar-refractivity contribution in [2.24, 2.45) is 0 Å². The van der Waals surface area contributed by atoms with Crippen LogP contribution in [0.25, 0.3) is 4.85 Å². The van der Waals surface area contributed by atoms with E-state index in [0.717, 1.165) is 24.3 Å². The molecule has 2 aromatic rings. The number of hydrogen-bond donors (Lipinski definition) is 0. The quantitative estimate of drug-likeness (QED) is 0.443. The van der Waals surface area contributed by atoms with Gasteiger partial charge in [-0.2, -0.15) is 26.3 Å². The van der Waals surface area contributed by atoms with Crippen molar-refractivity contribution in [3.05, 3.63) is 65.3 Å². The molecule has 0 aliphatic heterocycles. The molecule has 3 nitrogen and oxygen atoms in total. The van der Waals surface area contributed by atoms with E-state index in [1.165, 1.54) is 12.1 Å². The number of rotatable bonds is 6. The lowest BCUT2D eigenvalue weighted by Crippen LogP contribution is -2.37. The molecule has 0 unspecified atom stereocenters. The van der Waals surface area contributed by atoms with E-state index in [1.807, 2.05) is 0 Å². The number of halogens is 7. The van der Waals surface area contributed by atoms with Crippen LogP contribution < -0.4 is 9.64 Å². The normalized spacial score (nSPS) is 11.8. The van der Waals surface area contributed by atoms with Crippen LogP contribution in [0.1, 0.15) is 5.56 Å². The lowest BCUT2D eigenvalue weighted by Gasteiger charge is -2.27. The topological polar surface area (TPSA) is 16.8 Å². The van der Waals surface area contributed by atoms with E-state index in [-0.39, 0.29) is 24.6 Å². The van der Waals surface area contributed by atoms with Gasteiger partial charge < -0.3 is 9.64 Å². The van der Waals surface area contributed by atoms with Crippen molar-refractivity contribution >= 4 is 11.4 Å². The fourth-order valence-corrected chi connectivity index (χ4v) is 2.37. The Bertz CT molecular complexity index is 839. The second-order valence-corrected chi connectivity index (χ2v) is 5.65. The number of alkyl halides is 6. The van der Waals surface area contributed by atoms with E-state index in [2.05, 4.69) is 4.85 Å². The number of nitrogens with zero attached hydrogens (tertiary/aromatic N) is 2. The predicted molar refractivity (Wildman–Crippen MR) is 87.9 cm³/mol. The molecule has 2 aromatic carbocycles. The molecule has 0 bridgehead atoms. The van der Waals surface area contributed by atoms with Gasteiger partial charge in [0, 0.05) is 5.69 Å². The van der Waals surface area contributed by atoms with Crippen LogP contribution in [0.4, 0.5) is 42.1 Å². The van der Waals surface area contributed by atoms with Crippen molar-refractivity contribution in [3.8, 4) is 5.75 Å². The van der Waals surface area contributed by atoms with Crippen LogP contribution in [0.3, 0.4) is 0 Å². The third-order valence-electron chi connectivity index (χ3n) is 3.58. The molecule has 28 heavy (non-hydrogen) atoms. The lowest BCUT2D eigenvalue weighted by molar-refractivity contribution is -0.136. The van der Waals surface area contributed by atoms with Crippen LogP contribution in [-0.2, 0) is 6.18 Å². The molecule has 0 amide bonds. The van der Waals surface area contributed by atoms with E-state index < -0.39 is 36.0 Å². The molecule has 0 aliphatic rings. The standard InChI is InChI=1S/C18H13F7N2O/c1-26-16-7-4-13(10-15(16)18(23,24)25)27(11-17(20,21)22)8-9-28-14-5-2-12(19)3-6-14/h2-7,10H,8-9,11H2. The average Bonchev–Trinajstić information content (AvgIpc) is 2.60. The zero-order valence-corrected chi connectivity index (χ0v) is 14.1. The minimum absolute atomic E-state index is 0.202. The van der Waals surface area contributed by atoms with Crippen molar-refractivity contribution in [1.29, 1.82) is 0 Å². The van der Waals surface area contributed by atoms with Crippen LogP contribution in [-0.4, -0.2) is 25.9 Å². The third kappa shape index (κ3) is 6.04. The summed E-state index contributed by atoms with van der Waals surface area (Å²) in [6, 6.07) is 7.10. The van der Waals surface area contributed by atoms with Gasteiger partial charge in [-0.1, -0.05) is 6.07 Å². The first-order valence-electron chi connectivity index (χ1n) is 7.78. The molecule has 2 rings (SSSR count). The first-order chi connectivity index (χ1) is 13.0. The summed E-state index contributed by atoms with van der Waals surface area (Å²) in [4.78, 5) is 3.43. The van der Waals surface area contributed by atoms with Crippen molar-refractivity contribution in [1.82, 2.24) is 0 Å². The van der Waals surface area contributed by atoms with Crippen LogP contribution in [0.5, 0.6) is 5.75 Å². The van der Waals surface area contributed by atoms with Gasteiger partial charge in [0.1, 0.15) is 24.7 Å². The zero-order chi connectivity index (χ0) is 20.9. The summed E-state index contributed by atoms with van der Waals surface area (Å²) in [6.07, 6.45) is -9.56. The first-order valence-corrected chi connectivity index (χ1v) is 7.78. The Balaban J connectivity index is 2.23. The van der Waals surface area contributed by atoms with Crippen LogP contribution in [0, 0.1) is 12.4 Å². The molecule has 0 N–H and O–H groups in total.